The first-order valence-corrected chi connectivity index (χ1v) is 5.05. The maximum atomic E-state index is 4.49. The molecule has 3 heteroatoms. The molecule has 0 saturated heterocycles. The minimum atomic E-state index is 0.689. The van der Waals surface area contributed by atoms with Gasteiger partial charge in [-0.1, -0.05) is 13.8 Å². The number of fused-ring (bicyclic) bond motifs is 1. The van der Waals surface area contributed by atoms with Gasteiger partial charge >= 0.3 is 0 Å². The summed E-state index contributed by atoms with van der Waals surface area (Å²) in [6.07, 6.45) is 5.25. The summed E-state index contributed by atoms with van der Waals surface area (Å²) >= 11 is 1.69. The van der Waals surface area contributed by atoms with Crippen molar-refractivity contribution in [2.45, 2.75) is 20.3 Å². The molecule has 0 aliphatic carbocycles. The van der Waals surface area contributed by atoms with E-state index in [1.165, 1.54) is 5.69 Å². The first kappa shape index (κ1) is 7.80. The summed E-state index contributed by atoms with van der Waals surface area (Å²) in [6.45, 7) is 4.43. The van der Waals surface area contributed by atoms with Crippen molar-refractivity contribution >= 4 is 16.3 Å². The normalized spacial score (nSPS) is 11.6. The molecular weight excluding hydrogens is 168 g/mol. The van der Waals surface area contributed by atoms with Gasteiger partial charge in [-0.15, -0.1) is 11.3 Å². The summed E-state index contributed by atoms with van der Waals surface area (Å²) in [5.74, 6) is 0.689. The van der Waals surface area contributed by atoms with Crippen LogP contribution in [0.25, 0.3) is 4.96 Å². The minimum absolute atomic E-state index is 0.689. The van der Waals surface area contributed by atoms with Crippen LogP contribution < -0.4 is 0 Å². The zero-order valence-electron chi connectivity index (χ0n) is 7.32. The number of hydrogen-bond donors (Lipinski definition) is 0. The highest BCUT2D eigenvalue weighted by molar-refractivity contribution is 7.15. The zero-order valence-corrected chi connectivity index (χ0v) is 8.14. The molecule has 2 aromatic rings. The predicted octanol–water partition coefficient (Wildman–Crippen LogP) is 2.59. The second kappa shape index (κ2) is 2.90. The highest BCUT2D eigenvalue weighted by Crippen LogP contribution is 2.13. The molecule has 0 fully saturated rings. The molecule has 0 aliphatic heterocycles. The molecule has 0 aliphatic rings. The van der Waals surface area contributed by atoms with Crippen molar-refractivity contribution < 1.29 is 0 Å². The van der Waals surface area contributed by atoms with Crippen molar-refractivity contribution in [3.8, 4) is 0 Å². The summed E-state index contributed by atoms with van der Waals surface area (Å²) in [7, 11) is 0. The van der Waals surface area contributed by atoms with E-state index < -0.39 is 0 Å². The van der Waals surface area contributed by atoms with Crippen LogP contribution in [0.3, 0.4) is 0 Å². The first-order valence-electron chi connectivity index (χ1n) is 4.17. The molecule has 64 valence electrons. The summed E-state index contributed by atoms with van der Waals surface area (Å²) in [6, 6.07) is 0. The number of thiazole rings is 1. The van der Waals surface area contributed by atoms with E-state index in [-0.39, 0.29) is 0 Å². The monoisotopic (exact) mass is 180 g/mol. The Morgan fingerprint density at radius 2 is 2.42 bits per heavy atom. The molecule has 2 aromatic heterocycles. The molecule has 2 rings (SSSR count). The van der Waals surface area contributed by atoms with Gasteiger partial charge in [0.2, 0.25) is 0 Å². The summed E-state index contributed by atoms with van der Waals surface area (Å²) in [5, 5.41) is 2.06. The van der Waals surface area contributed by atoms with Gasteiger partial charge in [-0.25, -0.2) is 4.98 Å². The van der Waals surface area contributed by atoms with E-state index in [2.05, 4.69) is 41.0 Å². The average molecular weight is 180 g/mol. The molecule has 0 radical (unpaired) electrons. The van der Waals surface area contributed by atoms with Gasteiger partial charge in [0.1, 0.15) is 0 Å². The quantitative estimate of drug-likeness (QED) is 0.694. The second-order valence-electron chi connectivity index (χ2n) is 3.42. The van der Waals surface area contributed by atoms with Crippen LogP contribution >= 0.6 is 11.3 Å². The Labute approximate surface area is 75.9 Å². The molecule has 12 heavy (non-hydrogen) atoms. The maximum absolute atomic E-state index is 4.49. The van der Waals surface area contributed by atoms with Crippen LogP contribution in [0, 0.1) is 5.92 Å². The molecule has 2 nitrogen and oxygen atoms in total. The van der Waals surface area contributed by atoms with Gasteiger partial charge in [0.05, 0.1) is 5.69 Å². The Balaban J connectivity index is 2.32. The van der Waals surface area contributed by atoms with Gasteiger partial charge in [0.25, 0.3) is 0 Å². The van der Waals surface area contributed by atoms with Crippen LogP contribution in [0.1, 0.15) is 19.5 Å². The van der Waals surface area contributed by atoms with Gasteiger partial charge in [0, 0.05) is 17.8 Å². The molecule has 0 atom stereocenters. The molecule has 2 heterocycles. The minimum Gasteiger partial charge on any atom is -0.297 e. The van der Waals surface area contributed by atoms with Crippen LogP contribution in [-0.2, 0) is 6.42 Å². The lowest BCUT2D eigenvalue weighted by molar-refractivity contribution is 0.638. The molecule has 0 bridgehead atoms. The van der Waals surface area contributed by atoms with Crippen molar-refractivity contribution in [1.82, 2.24) is 9.38 Å². The Morgan fingerprint density at radius 3 is 3.08 bits per heavy atom. The highest BCUT2D eigenvalue weighted by atomic mass is 32.1. The van der Waals surface area contributed by atoms with Crippen LogP contribution in [0.5, 0.6) is 0 Å². The molecule has 0 unspecified atom stereocenters. The van der Waals surface area contributed by atoms with E-state index >= 15 is 0 Å². The summed E-state index contributed by atoms with van der Waals surface area (Å²) < 4.78 is 2.09. The van der Waals surface area contributed by atoms with Gasteiger partial charge in [0.15, 0.2) is 4.96 Å². The molecule has 0 N–H and O–H groups in total. The first-order chi connectivity index (χ1) is 5.75. The van der Waals surface area contributed by atoms with Gasteiger partial charge in [-0.3, -0.25) is 4.40 Å². The van der Waals surface area contributed by atoms with Gasteiger partial charge in [-0.2, -0.15) is 0 Å². The number of imidazole rings is 1. The number of hydrogen-bond acceptors (Lipinski definition) is 2. The smallest absolute Gasteiger partial charge is 0.193 e. The molecular formula is C9H12N2S. The van der Waals surface area contributed by atoms with E-state index in [4.69, 9.17) is 0 Å². The third kappa shape index (κ3) is 1.37. The standard InChI is InChI=1S/C9H12N2S/c1-7(2)5-8-6-11-3-4-12-9(11)10-8/h3-4,6-7H,5H2,1-2H3. The van der Waals surface area contributed by atoms with Crippen molar-refractivity contribution in [3.05, 3.63) is 23.5 Å². The zero-order chi connectivity index (χ0) is 8.55. The lowest BCUT2D eigenvalue weighted by Gasteiger charge is -1.97. The molecule has 0 saturated carbocycles. The Morgan fingerprint density at radius 1 is 1.58 bits per heavy atom. The lowest BCUT2D eigenvalue weighted by Crippen LogP contribution is -1.93. The topological polar surface area (TPSA) is 17.3 Å². The van der Waals surface area contributed by atoms with E-state index in [1.807, 2.05) is 0 Å². The Kier molecular flexibility index (Phi) is 1.89. The summed E-state index contributed by atoms with van der Waals surface area (Å²) in [4.78, 5) is 5.60. The number of nitrogens with zero attached hydrogens (tertiary/aromatic N) is 2. The molecule has 0 amide bonds. The average Bonchev–Trinajstić information content (AvgIpc) is 2.43. The van der Waals surface area contributed by atoms with Crippen molar-refractivity contribution in [2.75, 3.05) is 0 Å². The number of rotatable bonds is 2. The SMILES string of the molecule is CC(C)Cc1cn2ccsc2n1. The fourth-order valence-corrected chi connectivity index (χ4v) is 2.01. The second-order valence-corrected chi connectivity index (χ2v) is 4.30. The highest BCUT2D eigenvalue weighted by Gasteiger charge is 2.03. The fraction of sp³-hybridized carbons (Fsp3) is 0.444. The predicted molar refractivity (Wildman–Crippen MR) is 51.6 cm³/mol. The van der Waals surface area contributed by atoms with Gasteiger partial charge in [-0.05, 0) is 12.3 Å². The van der Waals surface area contributed by atoms with E-state index in [0.29, 0.717) is 5.92 Å². The van der Waals surface area contributed by atoms with E-state index in [1.54, 1.807) is 11.3 Å². The van der Waals surface area contributed by atoms with Crippen molar-refractivity contribution in [3.63, 3.8) is 0 Å². The van der Waals surface area contributed by atoms with E-state index in [0.717, 1.165) is 11.4 Å². The third-order valence-electron chi connectivity index (χ3n) is 1.76. The Bertz CT molecular complexity index is 344. The fourth-order valence-electron chi connectivity index (χ4n) is 1.29. The third-order valence-corrected chi connectivity index (χ3v) is 2.53. The number of aromatic nitrogens is 2. The Hall–Kier alpha value is -0.830. The van der Waals surface area contributed by atoms with Crippen LogP contribution in [-0.4, -0.2) is 9.38 Å². The molecule has 0 spiro atoms. The largest absolute Gasteiger partial charge is 0.297 e. The van der Waals surface area contributed by atoms with Crippen LogP contribution in [0.2, 0.25) is 0 Å². The van der Waals surface area contributed by atoms with E-state index in [9.17, 15) is 0 Å². The van der Waals surface area contributed by atoms with Gasteiger partial charge < -0.3 is 0 Å². The maximum Gasteiger partial charge on any atom is 0.193 e. The summed E-state index contributed by atoms with van der Waals surface area (Å²) in [5.41, 5.74) is 1.21. The van der Waals surface area contributed by atoms with Crippen molar-refractivity contribution in [2.24, 2.45) is 5.92 Å². The van der Waals surface area contributed by atoms with Crippen LogP contribution in [0.4, 0.5) is 0 Å². The van der Waals surface area contributed by atoms with Crippen LogP contribution in [0.15, 0.2) is 17.8 Å². The lowest BCUT2D eigenvalue weighted by atomic mass is 10.1. The molecule has 0 aromatic carbocycles. The van der Waals surface area contributed by atoms with Crippen molar-refractivity contribution in [1.29, 1.82) is 0 Å².